The number of fused-ring (bicyclic) bond motifs is 1. The van der Waals surface area contributed by atoms with Crippen molar-refractivity contribution in [1.82, 2.24) is 15.1 Å². The van der Waals surface area contributed by atoms with Gasteiger partial charge in [-0.1, -0.05) is 14.7 Å². The Labute approximate surface area is 164 Å². The zero-order valence-electron chi connectivity index (χ0n) is 15.7. The number of nitrogens with one attached hydrogen (secondary N) is 1. The van der Waals surface area contributed by atoms with Gasteiger partial charge in [0.05, 0.1) is 18.6 Å². The van der Waals surface area contributed by atoms with Crippen molar-refractivity contribution >= 4 is 19.8 Å². The molecule has 3 heterocycles. The molecule has 4 rings (SSSR count). The van der Waals surface area contributed by atoms with Crippen LogP contribution in [0.3, 0.4) is 0 Å². The van der Waals surface area contributed by atoms with Crippen LogP contribution < -0.4 is 10.1 Å². The van der Waals surface area contributed by atoms with Crippen LogP contribution in [0.15, 0.2) is 42.3 Å². The highest BCUT2D eigenvalue weighted by molar-refractivity contribution is 7.51. The molecule has 3 aliphatic heterocycles. The second-order valence-corrected chi connectivity index (χ2v) is 8.50. The molecule has 28 heavy (non-hydrogen) atoms. The summed E-state index contributed by atoms with van der Waals surface area (Å²) in [6.45, 7) is 4.82. The molecule has 2 unspecified atom stereocenters. The van der Waals surface area contributed by atoms with Crippen LogP contribution in [0.5, 0.6) is 5.75 Å². The van der Waals surface area contributed by atoms with E-state index >= 15 is 0 Å². The minimum Gasteiger partial charge on any atom is -0.491 e. The first-order valence-corrected chi connectivity index (χ1v) is 10.3. The third kappa shape index (κ3) is 3.56. The number of nitrogens with zero attached hydrogens (tertiary/aromatic N) is 2. The van der Waals surface area contributed by atoms with Crippen LogP contribution in [0.25, 0.3) is 5.31 Å². The average molecular weight is 405 g/mol. The van der Waals surface area contributed by atoms with E-state index in [9.17, 15) is 13.6 Å². The highest BCUT2D eigenvalue weighted by atomic mass is 31.1. The summed E-state index contributed by atoms with van der Waals surface area (Å²) in [4.78, 5) is 16.7. The zero-order valence-corrected chi connectivity index (χ0v) is 16.7. The first-order chi connectivity index (χ1) is 13.5. The second-order valence-electron chi connectivity index (χ2n) is 7.08. The predicted molar refractivity (Wildman–Crippen MR) is 106 cm³/mol. The fourth-order valence-electron chi connectivity index (χ4n) is 3.70. The van der Waals surface area contributed by atoms with E-state index in [4.69, 9.17) is 4.74 Å². The van der Waals surface area contributed by atoms with Crippen molar-refractivity contribution in [3.63, 3.8) is 0 Å². The van der Waals surface area contributed by atoms with Gasteiger partial charge in [0.1, 0.15) is 0 Å². The highest BCUT2D eigenvalue weighted by Crippen LogP contribution is 2.45. The Bertz CT molecular complexity index is 876. The first kappa shape index (κ1) is 19.1. The number of hydrogen-bond acceptors (Lipinski definition) is 4. The van der Waals surface area contributed by atoms with Crippen molar-refractivity contribution in [2.45, 2.75) is 18.7 Å². The van der Waals surface area contributed by atoms with Crippen LogP contribution in [0, 0.1) is 11.6 Å². The highest BCUT2D eigenvalue weighted by Gasteiger charge is 2.30. The third-order valence-electron chi connectivity index (χ3n) is 5.09. The minimum absolute atomic E-state index is 0.134. The molecule has 0 aromatic heterocycles. The van der Waals surface area contributed by atoms with Gasteiger partial charge in [0.2, 0.25) is 0 Å². The molecule has 0 spiro atoms. The van der Waals surface area contributed by atoms with Crippen LogP contribution in [0.1, 0.15) is 12.5 Å². The zero-order chi connectivity index (χ0) is 19.8. The molecule has 3 aliphatic rings. The van der Waals surface area contributed by atoms with Gasteiger partial charge in [-0.3, -0.25) is 4.79 Å². The van der Waals surface area contributed by atoms with E-state index in [1.165, 1.54) is 25.3 Å². The van der Waals surface area contributed by atoms with Gasteiger partial charge < -0.3 is 19.9 Å². The van der Waals surface area contributed by atoms with Crippen molar-refractivity contribution in [3.05, 3.63) is 59.5 Å². The molecule has 1 saturated heterocycles. The molecule has 1 aromatic carbocycles. The summed E-state index contributed by atoms with van der Waals surface area (Å²) in [5.74, 6) is -2.27. The summed E-state index contributed by atoms with van der Waals surface area (Å²) in [6, 6.07) is 2.84. The molecule has 5 nitrogen and oxygen atoms in total. The van der Waals surface area contributed by atoms with Gasteiger partial charge in [-0.05, 0) is 36.0 Å². The van der Waals surface area contributed by atoms with Gasteiger partial charge in [0, 0.05) is 38.0 Å². The lowest BCUT2D eigenvalue weighted by Gasteiger charge is -2.39. The molecule has 1 amide bonds. The van der Waals surface area contributed by atoms with E-state index in [2.05, 4.69) is 17.1 Å². The molecule has 1 aromatic rings. The summed E-state index contributed by atoms with van der Waals surface area (Å²) in [5.41, 5.74) is 1.39. The van der Waals surface area contributed by atoms with Crippen LogP contribution in [-0.2, 0) is 4.79 Å². The van der Waals surface area contributed by atoms with Gasteiger partial charge in [0.25, 0.3) is 5.91 Å². The molecule has 0 aliphatic carbocycles. The summed E-state index contributed by atoms with van der Waals surface area (Å²) in [5, 5.41) is 4.05. The summed E-state index contributed by atoms with van der Waals surface area (Å²) < 4.78 is 32.9. The second kappa shape index (κ2) is 7.64. The van der Waals surface area contributed by atoms with Gasteiger partial charge >= 0.3 is 0 Å². The van der Waals surface area contributed by atoms with E-state index in [0.29, 0.717) is 16.9 Å². The van der Waals surface area contributed by atoms with E-state index < -0.39 is 17.4 Å². The number of carbonyl (C=O) groups is 1. The standard InChI is InChI=1S/C20H22F2N3O2P/c1-12-10-24(6-5-23-12)14-3-4-19-25(11-14)18(26)9-17(28-19)13-7-15(21)20(27-2)16(22)8-13/h3-4,7-9,11-12,19,23,28H,5-6,10H2,1-2H3/t12-,19?/m0/s1. The van der Waals surface area contributed by atoms with Crippen molar-refractivity contribution in [3.8, 4) is 5.75 Å². The van der Waals surface area contributed by atoms with Crippen LogP contribution in [0.4, 0.5) is 8.78 Å². The van der Waals surface area contributed by atoms with Gasteiger partial charge in [-0.25, -0.2) is 8.78 Å². The molecular formula is C20H22F2N3O2P. The number of allylic oxidation sites excluding steroid dienone is 1. The van der Waals surface area contributed by atoms with E-state index in [1.807, 2.05) is 18.4 Å². The van der Waals surface area contributed by atoms with Crippen LogP contribution >= 0.6 is 8.58 Å². The normalized spacial score (nSPS) is 25.5. The number of hydrogen-bond donors (Lipinski definition) is 1. The number of amides is 1. The van der Waals surface area contributed by atoms with Crippen LogP contribution in [0.2, 0.25) is 0 Å². The fourth-order valence-corrected chi connectivity index (χ4v) is 5.07. The van der Waals surface area contributed by atoms with Gasteiger partial charge in [-0.15, -0.1) is 0 Å². The maximum atomic E-state index is 14.1. The topological polar surface area (TPSA) is 44.8 Å². The molecular weight excluding hydrogens is 383 g/mol. The molecule has 148 valence electrons. The first-order valence-electron chi connectivity index (χ1n) is 9.18. The Balaban J connectivity index is 1.59. The Morgan fingerprint density at radius 3 is 2.71 bits per heavy atom. The lowest BCUT2D eigenvalue weighted by atomic mass is 10.1. The van der Waals surface area contributed by atoms with Crippen molar-refractivity contribution in [2.75, 3.05) is 26.7 Å². The molecule has 0 radical (unpaired) electrons. The lowest BCUT2D eigenvalue weighted by molar-refractivity contribution is -0.123. The minimum atomic E-state index is -0.771. The van der Waals surface area contributed by atoms with E-state index in [0.717, 1.165) is 25.3 Å². The smallest absolute Gasteiger partial charge is 0.252 e. The largest absolute Gasteiger partial charge is 0.491 e. The number of piperazine rings is 1. The molecule has 0 bridgehead atoms. The molecule has 1 fully saturated rings. The number of rotatable bonds is 3. The summed E-state index contributed by atoms with van der Waals surface area (Å²) >= 11 is 0. The SMILES string of the molecule is COc1c(F)cc(C2=CC(=O)N3C=C(N4CCN[C@@H](C)C4)C=CC3P2)cc1F. The third-order valence-corrected chi connectivity index (χ3v) is 6.60. The Morgan fingerprint density at radius 2 is 2.04 bits per heavy atom. The summed E-state index contributed by atoms with van der Waals surface area (Å²) in [7, 11) is 1.42. The Kier molecular flexibility index (Phi) is 5.21. The van der Waals surface area contributed by atoms with Crippen LogP contribution in [-0.4, -0.2) is 54.3 Å². The summed E-state index contributed by atoms with van der Waals surface area (Å²) in [6.07, 6.45) is 7.41. The maximum Gasteiger partial charge on any atom is 0.252 e. The predicted octanol–water partition coefficient (Wildman–Crippen LogP) is 2.87. The Morgan fingerprint density at radius 1 is 1.29 bits per heavy atom. The lowest BCUT2D eigenvalue weighted by Crippen LogP contribution is -2.49. The number of ether oxygens (including phenoxy) is 1. The quantitative estimate of drug-likeness (QED) is 0.786. The number of methoxy groups -OCH3 is 1. The number of benzene rings is 1. The van der Waals surface area contributed by atoms with Crippen molar-refractivity contribution < 1.29 is 18.3 Å². The maximum absolute atomic E-state index is 14.1. The van der Waals surface area contributed by atoms with Gasteiger partial charge in [-0.2, -0.15) is 0 Å². The molecule has 0 saturated carbocycles. The number of halogens is 2. The average Bonchev–Trinajstić information content (AvgIpc) is 2.67. The number of carbonyl (C=O) groups excluding carboxylic acids is 1. The molecule has 3 atom stereocenters. The van der Waals surface area contributed by atoms with E-state index in [1.54, 1.807) is 4.90 Å². The monoisotopic (exact) mass is 405 g/mol. The van der Waals surface area contributed by atoms with Crippen molar-refractivity contribution in [1.29, 1.82) is 0 Å². The van der Waals surface area contributed by atoms with Gasteiger partial charge in [0.15, 0.2) is 17.4 Å². The van der Waals surface area contributed by atoms with E-state index in [-0.39, 0.29) is 20.3 Å². The van der Waals surface area contributed by atoms with Crippen molar-refractivity contribution in [2.24, 2.45) is 0 Å². The molecule has 1 N–H and O–H groups in total. The fraction of sp³-hybridized carbons (Fsp3) is 0.350. The Hall–Kier alpha value is -2.24. The molecule has 8 heteroatoms.